The molecule has 2 aromatic rings. The Labute approximate surface area is 137 Å². The SMILES string of the molecule is O=Cc1cc(Br)c(OCc2c(F)cccc2Cl)c(Br)c1. The van der Waals surface area contributed by atoms with E-state index in [9.17, 15) is 9.18 Å². The number of hydrogen-bond acceptors (Lipinski definition) is 2. The molecule has 0 radical (unpaired) electrons. The summed E-state index contributed by atoms with van der Waals surface area (Å²) in [5, 5.41) is 0.307. The minimum Gasteiger partial charge on any atom is -0.486 e. The maximum Gasteiger partial charge on any atom is 0.150 e. The van der Waals surface area contributed by atoms with E-state index in [1.54, 1.807) is 18.2 Å². The van der Waals surface area contributed by atoms with E-state index in [2.05, 4.69) is 31.9 Å². The van der Waals surface area contributed by atoms with Crippen LogP contribution < -0.4 is 4.74 Å². The van der Waals surface area contributed by atoms with Crippen molar-refractivity contribution in [3.63, 3.8) is 0 Å². The molecule has 2 aromatic carbocycles. The summed E-state index contributed by atoms with van der Waals surface area (Å²) in [4.78, 5) is 10.7. The third-order valence-electron chi connectivity index (χ3n) is 2.58. The molecule has 0 aliphatic rings. The average Bonchev–Trinajstić information content (AvgIpc) is 2.40. The zero-order valence-electron chi connectivity index (χ0n) is 10.00. The van der Waals surface area contributed by atoms with E-state index in [1.165, 1.54) is 12.1 Å². The minimum atomic E-state index is -0.422. The molecule has 0 bridgehead atoms. The molecule has 104 valence electrons. The highest BCUT2D eigenvalue weighted by Crippen LogP contribution is 2.35. The van der Waals surface area contributed by atoms with Crippen LogP contribution >= 0.6 is 43.5 Å². The largest absolute Gasteiger partial charge is 0.486 e. The fraction of sp³-hybridized carbons (Fsp3) is 0.0714. The molecule has 0 N–H and O–H groups in total. The molecule has 0 aliphatic heterocycles. The van der Waals surface area contributed by atoms with Crippen LogP contribution in [0.3, 0.4) is 0 Å². The Morgan fingerprint density at radius 1 is 1.25 bits per heavy atom. The van der Waals surface area contributed by atoms with Crippen LogP contribution in [0, 0.1) is 5.82 Å². The van der Waals surface area contributed by atoms with Gasteiger partial charge in [-0.2, -0.15) is 0 Å². The summed E-state index contributed by atoms with van der Waals surface area (Å²) in [6, 6.07) is 7.70. The van der Waals surface area contributed by atoms with Crippen LogP contribution in [0.4, 0.5) is 4.39 Å². The van der Waals surface area contributed by atoms with Gasteiger partial charge in [-0.1, -0.05) is 17.7 Å². The first-order chi connectivity index (χ1) is 9.52. The van der Waals surface area contributed by atoms with Gasteiger partial charge in [-0.3, -0.25) is 4.79 Å². The van der Waals surface area contributed by atoms with Gasteiger partial charge in [0.15, 0.2) is 0 Å². The van der Waals surface area contributed by atoms with E-state index < -0.39 is 5.82 Å². The van der Waals surface area contributed by atoms with Crippen molar-refractivity contribution in [1.29, 1.82) is 0 Å². The third-order valence-corrected chi connectivity index (χ3v) is 4.11. The average molecular weight is 422 g/mol. The molecule has 0 aromatic heterocycles. The number of ether oxygens (including phenoxy) is 1. The van der Waals surface area contributed by atoms with Gasteiger partial charge < -0.3 is 4.74 Å². The summed E-state index contributed by atoms with van der Waals surface area (Å²) in [5.41, 5.74) is 0.785. The zero-order valence-corrected chi connectivity index (χ0v) is 13.9. The first-order valence-corrected chi connectivity index (χ1v) is 7.49. The van der Waals surface area contributed by atoms with Gasteiger partial charge in [-0.15, -0.1) is 0 Å². The Kier molecular flexibility index (Phi) is 5.18. The molecule has 0 saturated carbocycles. The topological polar surface area (TPSA) is 26.3 Å². The summed E-state index contributed by atoms with van der Waals surface area (Å²) in [7, 11) is 0. The number of benzene rings is 2. The number of aldehydes is 1. The lowest BCUT2D eigenvalue weighted by atomic mass is 10.2. The second-order valence-electron chi connectivity index (χ2n) is 3.92. The van der Waals surface area contributed by atoms with Crippen molar-refractivity contribution in [1.82, 2.24) is 0 Å². The molecule has 0 aliphatic carbocycles. The van der Waals surface area contributed by atoms with Crippen LogP contribution in [0.5, 0.6) is 5.75 Å². The number of carbonyl (C=O) groups is 1. The predicted octanol–water partition coefficient (Wildman–Crippen LogP) is 5.40. The van der Waals surface area contributed by atoms with Crippen molar-refractivity contribution in [2.45, 2.75) is 6.61 Å². The Morgan fingerprint density at radius 3 is 2.45 bits per heavy atom. The molecule has 0 amide bonds. The quantitative estimate of drug-likeness (QED) is 0.617. The van der Waals surface area contributed by atoms with Crippen molar-refractivity contribution in [3.05, 3.63) is 61.2 Å². The Morgan fingerprint density at radius 2 is 1.90 bits per heavy atom. The third kappa shape index (κ3) is 3.40. The highest BCUT2D eigenvalue weighted by molar-refractivity contribution is 9.11. The molecule has 0 fully saturated rings. The summed E-state index contributed by atoms with van der Waals surface area (Å²) in [6.07, 6.45) is 0.729. The summed E-state index contributed by atoms with van der Waals surface area (Å²) in [6.45, 7) is -0.0108. The summed E-state index contributed by atoms with van der Waals surface area (Å²) in [5.74, 6) is 0.0594. The first-order valence-electron chi connectivity index (χ1n) is 5.53. The van der Waals surface area contributed by atoms with Gasteiger partial charge in [-0.25, -0.2) is 4.39 Å². The molecule has 20 heavy (non-hydrogen) atoms. The van der Waals surface area contributed by atoms with Gasteiger partial charge >= 0.3 is 0 Å². The van der Waals surface area contributed by atoms with E-state index in [4.69, 9.17) is 16.3 Å². The second-order valence-corrected chi connectivity index (χ2v) is 6.04. The van der Waals surface area contributed by atoms with Crippen LogP contribution in [0.2, 0.25) is 5.02 Å². The van der Waals surface area contributed by atoms with Crippen LogP contribution in [0.25, 0.3) is 0 Å². The van der Waals surface area contributed by atoms with Crippen molar-refractivity contribution >= 4 is 49.7 Å². The lowest BCUT2D eigenvalue weighted by Gasteiger charge is -2.12. The highest BCUT2D eigenvalue weighted by Gasteiger charge is 2.12. The Balaban J connectivity index is 2.26. The van der Waals surface area contributed by atoms with E-state index in [-0.39, 0.29) is 12.2 Å². The van der Waals surface area contributed by atoms with E-state index >= 15 is 0 Å². The molecule has 0 saturated heterocycles. The normalized spacial score (nSPS) is 10.4. The van der Waals surface area contributed by atoms with Gasteiger partial charge in [0.1, 0.15) is 24.5 Å². The summed E-state index contributed by atoms with van der Waals surface area (Å²) >= 11 is 12.6. The Bertz CT molecular complexity index is 618. The van der Waals surface area contributed by atoms with Gasteiger partial charge in [0.2, 0.25) is 0 Å². The van der Waals surface area contributed by atoms with Crippen molar-refractivity contribution < 1.29 is 13.9 Å². The molecule has 0 unspecified atom stereocenters. The Hall–Kier alpha value is -0.910. The molecule has 0 atom stereocenters. The van der Waals surface area contributed by atoms with Gasteiger partial charge in [0, 0.05) is 11.1 Å². The molecular weight excluding hydrogens is 414 g/mol. The molecule has 0 heterocycles. The van der Waals surface area contributed by atoms with Crippen LogP contribution in [-0.4, -0.2) is 6.29 Å². The number of rotatable bonds is 4. The lowest BCUT2D eigenvalue weighted by Crippen LogP contribution is -2.01. The molecule has 0 spiro atoms. The molecular formula is C14H8Br2ClFO2. The highest BCUT2D eigenvalue weighted by atomic mass is 79.9. The van der Waals surface area contributed by atoms with Crippen molar-refractivity contribution in [2.24, 2.45) is 0 Å². The van der Waals surface area contributed by atoms with Crippen LogP contribution in [-0.2, 0) is 6.61 Å². The monoisotopic (exact) mass is 420 g/mol. The summed E-state index contributed by atoms with van der Waals surface area (Å²) < 4.78 is 20.4. The van der Waals surface area contributed by atoms with Gasteiger partial charge in [0.05, 0.1) is 14.0 Å². The van der Waals surface area contributed by atoms with Crippen LogP contribution in [0.1, 0.15) is 15.9 Å². The zero-order chi connectivity index (χ0) is 14.7. The molecule has 2 nitrogen and oxygen atoms in total. The van der Waals surface area contributed by atoms with Crippen molar-refractivity contribution in [2.75, 3.05) is 0 Å². The number of carbonyl (C=O) groups excluding carboxylic acids is 1. The van der Waals surface area contributed by atoms with Gasteiger partial charge in [0.25, 0.3) is 0 Å². The fourth-order valence-corrected chi connectivity index (χ4v) is 3.27. The fourth-order valence-electron chi connectivity index (χ4n) is 1.60. The van der Waals surface area contributed by atoms with Gasteiger partial charge in [-0.05, 0) is 56.1 Å². The van der Waals surface area contributed by atoms with Crippen LogP contribution in [0.15, 0.2) is 39.3 Å². The smallest absolute Gasteiger partial charge is 0.150 e. The van der Waals surface area contributed by atoms with Crippen molar-refractivity contribution in [3.8, 4) is 5.75 Å². The maximum atomic E-state index is 13.6. The minimum absolute atomic E-state index is 0.0108. The molecule has 2 rings (SSSR count). The van der Waals surface area contributed by atoms with E-state index in [0.717, 1.165) is 6.29 Å². The van der Waals surface area contributed by atoms with E-state index in [0.29, 0.717) is 25.3 Å². The number of halogens is 4. The maximum absolute atomic E-state index is 13.6. The predicted molar refractivity (Wildman–Crippen MR) is 83.0 cm³/mol. The second kappa shape index (κ2) is 6.70. The van der Waals surface area contributed by atoms with E-state index in [1.807, 2.05) is 0 Å². The number of hydrogen-bond donors (Lipinski definition) is 0. The standard InChI is InChI=1S/C14H8Br2ClFO2/c15-10-4-8(6-19)5-11(16)14(10)20-7-9-12(17)2-1-3-13(9)18/h1-6H,7H2. The lowest BCUT2D eigenvalue weighted by molar-refractivity contribution is 0.112. The first kappa shape index (κ1) is 15.5. The molecule has 6 heteroatoms.